The number of hydrogen-bond donors (Lipinski definition) is 0. The van der Waals surface area contributed by atoms with Crippen LogP contribution in [0.5, 0.6) is 5.75 Å². The fraction of sp³-hybridized carbons (Fsp3) is 0.400. The highest BCUT2D eigenvalue weighted by molar-refractivity contribution is 5.95. The lowest BCUT2D eigenvalue weighted by atomic mass is 10.2. The first-order valence-corrected chi connectivity index (χ1v) is 6.95. The minimum Gasteiger partial charge on any atom is -0.466 e. The van der Waals surface area contributed by atoms with Crippen molar-refractivity contribution in [3.05, 3.63) is 24.3 Å². The molecule has 0 heterocycles. The Morgan fingerprint density at radius 2 is 1.88 bits per heavy atom. The van der Waals surface area contributed by atoms with Crippen LogP contribution in [0.1, 0.15) is 19.8 Å². The second-order valence-corrected chi connectivity index (χ2v) is 4.48. The number of hydrogen-bond acceptors (Lipinski definition) is 5. The number of ether oxygens (including phenoxy) is 2. The van der Waals surface area contributed by atoms with Gasteiger partial charge in [0.25, 0.3) is 0 Å². The van der Waals surface area contributed by atoms with Gasteiger partial charge < -0.3 is 14.4 Å². The summed E-state index contributed by atoms with van der Waals surface area (Å²) in [7, 11) is 0. The van der Waals surface area contributed by atoms with Crippen LogP contribution >= 0.6 is 0 Å². The van der Waals surface area contributed by atoms with E-state index >= 15 is 0 Å². The monoisotopic (exact) mass is 344 g/mol. The van der Waals surface area contributed by atoms with Crippen LogP contribution in [0, 0.1) is 11.3 Å². The Kier molecular flexibility index (Phi) is 7.04. The molecule has 24 heavy (non-hydrogen) atoms. The van der Waals surface area contributed by atoms with E-state index in [4.69, 9.17) is 10.00 Å². The normalized spacial score (nSPS) is 10.6. The van der Waals surface area contributed by atoms with E-state index in [1.54, 1.807) is 13.0 Å². The summed E-state index contributed by atoms with van der Waals surface area (Å²) in [6, 6.07) is 6.25. The Labute approximate surface area is 136 Å². The average molecular weight is 344 g/mol. The lowest BCUT2D eigenvalue weighted by molar-refractivity contribution is -0.274. The van der Waals surface area contributed by atoms with Crippen molar-refractivity contribution < 1.29 is 32.2 Å². The molecule has 1 aromatic carbocycles. The molecule has 1 amide bonds. The molecule has 0 aliphatic heterocycles. The number of carbonyl (C=O) groups excluding carboxylic acids is 2. The Morgan fingerprint density at radius 1 is 1.25 bits per heavy atom. The summed E-state index contributed by atoms with van der Waals surface area (Å²) in [6.45, 7) is 1.77. The van der Waals surface area contributed by atoms with Crippen LogP contribution in [0.25, 0.3) is 0 Å². The van der Waals surface area contributed by atoms with E-state index in [0.717, 1.165) is 17.0 Å². The van der Waals surface area contributed by atoms with Crippen LogP contribution in [0.4, 0.5) is 18.9 Å². The van der Waals surface area contributed by atoms with E-state index in [9.17, 15) is 22.8 Å². The summed E-state index contributed by atoms with van der Waals surface area (Å²) in [4.78, 5) is 24.5. The lowest BCUT2D eigenvalue weighted by Gasteiger charge is -2.22. The molecule has 0 aliphatic carbocycles. The van der Waals surface area contributed by atoms with Gasteiger partial charge in [0.05, 0.1) is 19.1 Å². The van der Waals surface area contributed by atoms with Crippen LogP contribution in [0.3, 0.4) is 0 Å². The van der Waals surface area contributed by atoms with Gasteiger partial charge >= 0.3 is 12.3 Å². The number of halogens is 3. The van der Waals surface area contributed by atoms with Crippen molar-refractivity contribution >= 4 is 17.6 Å². The average Bonchev–Trinajstić information content (AvgIpc) is 2.48. The standard InChI is InChI=1S/C15H15F3N2O4/c1-2-23-14(22)8-10-20(13(21)7-9-19)11-3-5-12(6-4-11)24-15(16,17)18/h3-6H,2,7-8,10H2,1H3. The largest absolute Gasteiger partial charge is 0.573 e. The molecule has 6 nitrogen and oxygen atoms in total. The molecule has 1 rings (SSSR count). The first-order chi connectivity index (χ1) is 11.3. The van der Waals surface area contributed by atoms with Crippen LogP contribution in [-0.2, 0) is 14.3 Å². The molecular formula is C15H15F3N2O4. The van der Waals surface area contributed by atoms with Gasteiger partial charge in [0.15, 0.2) is 0 Å². The van der Waals surface area contributed by atoms with Gasteiger partial charge in [-0.05, 0) is 31.2 Å². The number of carbonyl (C=O) groups is 2. The molecule has 0 saturated carbocycles. The van der Waals surface area contributed by atoms with Gasteiger partial charge in [-0.1, -0.05) is 0 Å². The summed E-state index contributed by atoms with van der Waals surface area (Å²) in [5, 5.41) is 8.63. The molecule has 0 saturated heterocycles. The summed E-state index contributed by atoms with van der Waals surface area (Å²) in [5.74, 6) is -1.54. The van der Waals surface area contributed by atoms with Gasteiger partial charge in [0, 0.05) is 12.2 Å². The molecule has 9 heteroatoms. The van der Waals surface area contributed by atoms with E-state index in [-0.39, 0.29) is 25.3 Å². The Bertz CT molecular complexity index is 609. The molecule has 1 aromatic rings. The van der Waals surface area contributed by atoms with E-state index in [1.807, 2.05) is 0 Å². The molecule has 0 spiro atoms. The number of esters is 1. The fourth-order valence-corrected chi connectivity index (χ4v) is 1.82. The van der Waals surface area contributed by atoms with Crippen LogP contribution < -0.4 is 9.64 Å². The maximum absolute atomic E-state index is 12.1. The molecule has 0 aliphatic rings. The SMILES string of the molecule is CCOC(=O)CCN(C(=O)CC#N)c1ccc(OC(F)(F)F)cc1. The number of benzene rings is 1. The third kappa shape index (κ3) is 6.56. The highest BCUT2D eigenvalue weighted by atomic mass is 19.4. The van der Waals surface area contributed by atoms with Crippen molar-refractivity contribution in [3.8, 4) is 11.8 Å². The maximum atomic E-state index is 12.1. The van der Waals surface area contributed by atoms with Crippen molar-refractivity contribution in [3.63, 3.8) is 0 Å². The summed E-state index contributed by atoms with van der Waals surface area (Å²) in [6.07, 6.45) is -5.35. The smallest absolute Gasteiger partial charge is 0.466 e. The lowest BCUT2D eigenvalue weighted by Crippen LogP contribution is -2.33. The number of nitriles is 1. The molecule has 0 bridgehead atoms. The highest BCUT2D eigenvalue weighted by Gasteiger charge is 2.31. The predicted molar refractivity (Wildman–Crippen MR) is 77.0 cm³/mol. The second kappa shape index (κ2) is 8.76. The molecule has 0 radical (unpaired) electrons. The number of anilines is 1. The molecule has 130 valence electrons. The summed E-state index contributed by atoms with van der Waals surface area (Å²) >= 11 is 0. The van der Waals surface area contributed by atoms with Crippen molar-refractivity contribution in [2.24, 2.45) is 0 Å². The topological polar surface area (TPSA) is 79.6 Å². The van der Waals surface area contributed by atoms with Crippen molar-refractivity contribution in [1.29, 1.82) is 5.26 Å². The van der Waals surface area contributed by atoms with Crippen molar-refractivity contribution in [1.82, 2.24) is 0 Å². The van der Waals surface area contributed by atoms with Crippen molar-refractivity contribution in [2.45, 2.75) is 26.1 Å². The minimum absolute atomic E-state index is 0.0567. The number of rotatable bonds is 7. The van der Waals surface area contributed by atoms with E-state index < -0.39 is 30.4 Å². The first-order valence-electron chi connectivity index (χ1n) is 6.95. The van der Waals surface area contributed by atoms with Crippen molar-refractivity contribution in [2.75, 3.05) is 18.1 Å². The van der Waals surface area contributed by atoms with Gasteiger partial charge in [-0.15, -0.1) is 13.2 Å². The summed E-state index contributed by atoms with van der Waals surface area (Å²) < 4.78 is 44.9. The predicted octanol–water partition coefficient (Wildman–Crippen LogP) is 2.79. The highest BCUT2D eigenvalue weighted by Crippen LogP contribution is 2.25. The van der Waals surface area contributed by atoms with Crippen LogP contribution in [0.15, 0.2) is 24.3 Å². The van der Waals surface area contributed by atoms with Crippen LogP contribution in [0.2, 0.25) is 0 Å². The van der Waals surface area contributed by atoms with Gasteiger partial charge in [0.2, 0.25) is 5.91 Å². The van der Waals surface area contributed by atoms with Crippen LogP contribution in [-0.4, -0.2) is 31.4 Å². The Morgan fingerprint density at radius 3 is 2.38 bits per heavy atom. The molecule has 0 aromatic heterocycles. The van der Waals surface area contributed by atoms with Gasteiger partial charge in [0.1, 0.15) is 12.2 Å². The van der Waals surface area contributed by atoms with Gasteiger partial charge in [-0.25, -0.2) is 0 Å². The number of nitrogens with zero attached hydrogens (tertiary/aromatic N) is 2. The van der Waals surface area contributed by atoms with E-state index in [0.29, 0.717) is 0 Å². The minimum atomic E-state index is -4.82. The Balaban J connectivity index is 2.88. The Hall–Kier alpha value is -2.76. The first kappa shape index (κ1) is 19.3. The third-order valence-electron chi connectivity index (χ3n) is 2.76. The maximum Gasteiger partial charge on any atom is 0.573 e. The second-order valence-electron chi connectivity index (χ2n) is 4.48. The molecule has 0 unspecified atom stereocenters. The zero-order valence-electron chi connectivity index (χ0n) is 12.8. The molecular weight excluding hydrogens is 329 g/mol. The number of alkyl halides is 3. The molecule has 0 atom stereocenters. The third-order valence-corrected chi connectivity index (χ3v) is 2.76. The summed E-state index contributed by atoms with van der Waals surface area (Å²) in [5.41, 5.74) is 0.245. The fourth-order valence-electron chi connectivity index (χ4n) is 1.82. The number of amides is 1. The molecule has 0 N–H and O–H groups in total. The van der Waals surface area contributed by atoms with Gasteiger partial charge in [-0.3, -0.25) is 9.59 Å². The zero-order chi connectivity index (χ0) is 18.2. The van der Waals surface area contributed by atoms with Gasteiger partial charge in [-0.2, -0.15) is 5.26 Å². The quantitative estimate of drug-likeness (QED) is 0.711. The van der Waals surface area contributed by atoms with E-state index in [2.05, 4.69) is 4.74 Å². The zero-order valence-corrected chi connectivity index (χ0v) is 12.8. The van der Waals surface area contributed by atoms with E-state index in [1.165, 1.54) is 12.1 Å². The molecule has 0 fully saturated rings.